The van der Waals surface area contributed by atoms with Gasteiger partial charge in [-0.3, -0.25) is 0 Å². The second-order valence-electron chi connectivity index (χ2n) is 6.32. The van der Waals surface area contributed by atoms with Crippen LogP contribution in [0.3, 0.4) is 0 Å². The van der Waals surface area contributed by atoms with E-state index in [1.54, 1.807) is 0 Å². The van der Waals surface area contributed by atoms with Gasteiger partial charge in [0.15, 0.2) is 11.4 Å². The second kappa shape index (κ2) is 8.31. The van der Waals surface area contributed by atoms with Crippen LogP contribution in [0.2, 0.25) is 0 Å². The molecule has 0 aliphatic rings. The largest absolute Gasteiger partial charge is 0.673 e. The lowest BCUT2D eigenvalue weighted by Gasteiger charge is -2.13. The third kappa shape index (κ3) is 6.34. The van der Waals surface area contributed by atoms with Crippen molar-refractivity contribution in [2.75, 3.05) is 0 Å². The molecule has 0 aliphatic heterocycles. The molecular weight excluding hydrogens is 317 g/mol. The van der Waals surface area contributed by atoms with Gasteiger partial charge in [-0.2, -0.15) is 0 Å². The molecule has 0 atom stereocenters. The summed E-state index contributed by atoms with van der Waals surface area (Å²) in [7, 11) is -3.82. The lowest BCUT2D eigenvalue weighted by atomic mass is 9.97. The third-order valence-corrected chi connectivity index (χ3v) is 3.67. The van der Waals surface area contributed by atoms with Crippen molar-refractivity contribution < 1.29 is 21.8 Å². The van der Waals surface area contributed by atoms with Gasteiger partial charge in [0.05, 0.1) is 0 Å². The molecule has 1 nitrogen and oxygen atoms in total. The Kier molecular flexibility index (Phi) is 7.00. The van der Waals surface area contributed by atoms with Crippen LogP contribution < -0.4 is 4.57 Å². The molecule has 0 spiro atoms. The molecule has 6 heteroatoms. The molecule has 0 bridgehead atoms. The van der Waals surface area contributed by atoms with Gasteiger partial charge in [0.2, 0.25) is 0 Å². The lowest BCUT2D eigenvalue weighted by molar-refractivity contribution is -0.688. The van der Waals surface area contributed by atoms with E-state index in [9.17, 15) is 17.3 Å². The minimum absolute atomic E-state index is 0.533. The fourth-order valence-corrected chi connectivity index (χ4v) is 2.61. The summed E-state index contributed by atoms with van der Waals surface area (Å²) in [6.45, 7) is 9.03. The number of nitrogens with zero attached hydrogens (tertiary/aromatic N) is 1. The summed E-state index contributed by atoms with van der Waals surface area (Å²) in [6.07, 6.45) is 0. The Bertz CT molecular complexity index is 617. The standard InChI is InChI=1S/C18H24N.BF4/c1-13(2)17-11-16(15-9-7-6-8-10-15)12-18(14(3)4)19(17)5;2-1(3,4)5/h6-14H,1-5H3;/q+1;-1. The highest BCUT2D eigenvalue weighted by Gasteiger charge is 2.21. The SMILES string of the molecule is CC(C)c1cc(-c2ccccc2)cc(C(C)C)[n+]1C.F[B-](F)(F)F. The summed E-state index contributed by atoms with van der Waals surface area (Å²) < 4.78 is 41.3. The van der Waals surface area contributed by atoms with Crippen LogP contribution in [0.1, 0.15) is 50.9 Å². The first-order chi connectivity index (χ1) is 11.0. The van der Waals surface area contributed by atoms with Gasteiger partial charge in [-0.15, -0.1) is 0 Å². The van der Waals surface area contributed by atoms with Crippen LogP contribution in [-0.2, 0) is 7.05 Å². The van der Waals surface area contributed by atoms with Crippen molar-refractivity contribution in [3.63, 3.8) is 0 Å². The maximum atomic E-state index is 9.75. The summed E-state index contributed by atoms with van der Waals surface area (Å²) in [6, 6.07) is 15.3. The molecule has 0 fully saturated rings. The van der Waals surface area contributed by atoms with E-state index in [4.69, 9.17) is 0 Å². The number of pyridine rings is 1. The number of halogens is 4. The predicted octanol–water partition coefficient (Wildman–Crippen LogP) is 5.72. The molecule has 1 heterocycles. The van der Waals surface area contributed by atoms with Gasteiger partial charge in [-0.25, -0.2) is 4.57 Å². The van der Waals surface area contributed by atoms with Crippen LogP contribution in [0.25, 0.3) is 11.1 Å². The Hall–Kier alpha value is -1.85. The van der Waals surface area contributed by atoms with Crippen LogP contribution >= 0.6 is 0 Å². The zero-order valence-electron chi connectivity index (χ0n) is 14.7. The van der Waals surface area contributed by atoms with Crippen LogP contribution in [0.4, 0.5) is 17.3 Å². The Morgan fingerprint density at radius 3 is 1.46 bits per heavy atom. The van der Waals surface area contributed by atoms with Crippen LogP contribution in [0.15, 0.2) is 42.5 Å². The fraction of sp³-hybridized carbons (Fsp3) is 0.389. The molecule has 0 aliphatic carbocycles. The monoisotopic (exact) mass is 341 g/mol. The number of hydrogen-bond acceptors (Lipinski definition) is 0. The number of rotatable bonds is 3. The third-order valence-electron chi connectivity index (χ3n) is 3.67. The van der Waals surface area contributed by atoms with Crippen molar-refractivity contribution in [3.05, 3.63) is 53.9 Å². The van der Waals surface area contributed by atoms with E-state index in [1.807, 2.05) is 0 Å². The topological polar surface area (TPSA) is 3.88 Å². The van der Waals surface area contributed by atoms with Gasteiger partial charge < -0.3 is 17.3 Å². The first-order valence-corrected chi connectivity index (χ1v) is 7.97. The van der Waals surface area contributed by atoms with Crippen molar-refractivity contribution in [2.45, 2.75) is 39.5 Å². The molecule has 132 valence electrons. The second-order valence-corrected chi connectivity index (χ2v) is 6.32. The van der Waals surface area contributed by atoms with Gasteiger partial charge in [-0.1, -0.05) is 58.0 Å². The average molecular weight is 341 g/mol. The van der Waals surface area contributed by atoms with Crippen molar-refractivity contribution >= 4 is 7.25 Å². The first kappa shape index (κ1) is 20.2. The maximum Gasteiger partial charge on any atom is 0.673 e. The van der Waals surface area contributed by atoms with E-state index in [1.165, 1.54) is 22.5 Å². The molecule has 2 aromatic rings. The summed E-state index contributed by atoms with van der Waals surface area (Å²) >= 11 is 0. The molecule has 0 unspecified atom stereocenters. The zero-order valence-corrected chi connectivity index (χ0v) is 14.7. The zero-order chi connectivity index (χ0) is 18.5. The minimum atomic E-state index is -6.00. The lowest BCUT2D eigenvalue weighted by Crippen LogP contribution is -2.39. The Morgan fingerprint density at radius 2 is 1.12 bits per heavy atom. The van der Waals surface area contributed by atoms with E-state index in [-0.39, 0.29) is 0 Å². The maximum absolute atomic E-state index is 9.75. The van der Waals surface area contributed by atoms with Crippen molar-refractivity contribution in [1.82, 2.24) is 0 Å². The molecule has 0 saturated carbocycles. The predicted molar refractivity (Wildman–Crippen MR) is 91.4 cm³/mol. The Balaban J connectivity index is 0.000000505. The molecule has 1 aromatic heterocycles. The van der Waals surface area contributed by atoms with Gasteiger partial charge in [0, 0.05) is 24.0 Å². The molecule has 1 aromatic carbocycles. The molecule has 0 saturated heterocycles. The summed E-state index contributed by atoms with van der Waals surface area (Å²) in [4.78, 5) is 0. The van der Waals surface area contributed by atoms with Crippen molar-refractivity contribution in [2.24, 2.45) is 7.05 Å². The normalized spacial score (nSPS) is 11.5. The summed E-state index contributed by atoms with van der Waals surface area (Å²) in [5.74, 6) is 1.07. The minimum Gasteiger partial charge on any atom is -0.418 e. The molecule has 0 radical (unpaired) electrons. The smallest absolute Gasteiger partial charge is 0.418 e. The van der Waals surface area contributed by atoms with Gasteiger partial charge in [-0.05, 0) is 11.1 Å². The van der Waals surface area contributed by atoms with Gasteiger partial charge in [0.25, 0.3) is 0 Å². The van der Waals surface area contributed by atoms with Gasteiger partial charge >= 0.3 is 7.25 Å². The fourth-order valence-electron chi connectivity index (χ4n) is 2.61. The highest BCUT2D eigenvalue weighted by atomic mass is 19.5. The van der Waals surface area contributed by atoms with Crippen LogP contribution in [0, 0.1) is 0 Å². The Labute approximate surface area is 141 Å². The summed E-state index contributed by atoms with van der Waals surface area (Å²) in [5.41, 5.74) is 5.41. The van der Waals surface area contributed by atoms with E-state index in [0.717, 1.165) is 0 Å². The van der Waals surface area contributed by atoms with Gasteiger partial charge in [0.1, 0.15) is 7.05 Å². The quantitative estimate of drug-likeness (QED) is 0.382. The van der Waals surface area contributed by atoms with Crippen molar-refractivity contribution in [3.8, 4) is 11.1 Å². The van der Waals surface area contributed by atoms with Crippen LogP contribution in [-0.4, -0.2) is 7.25 Å². The Morgan fingerprint density at radius 1 is 0.750 bits per heavy atom. The number of hydrogen-bond donors (Lipinski definition) is 0. The molecule has 2 rings (SSSR count). The molecular formula is C18H24BF4N. The average Bonchev–Trinajstić information content (AvgIpc) is 2.46. The molecule has 24 heavy (non-hydrogen) atoms. The molecule has 0 N–H and O–H groups in total. The highest BCUT2D eigenvalue weighted by molar-refractivity contribution is 6.50. The number of benzene rings is 1. The van der Waals surface area contributed by atoms with Crippen LogP contribution in [0.5, 0.6) is 0 Å². The highest BCUT2D eigenvalue weighted by Crippen LogP contribution is 2.25. The van der Waals surface area contributed by atoms with E-state index in [0.29, 0.717) is 11.8 Å². The number of aromatic nitrogens is 1. The van der Waals surface area contributed by atoms with E-state index >= 15 is 0 Å². The van der Waals surface area contributed by atoms with E-state index < -0.39 is 7.25 Å². The first-order valence-electron chi connectivity index (χ1n) is 7.97. The van der Waals surface area contributed by atoms with E-state index in [2.05, 4.69) is 81.8 Å². The van der Waals surface area contributed by atoms with Crippen molar-refractivity contribution in [1.29, 1.82) is 0 Å². The molecule has 0 amide bonds. The summed E-state index contributed by atoms with van der Waals surface area (Å²) in [5, 5.41) is 0.